The number of thiophene rings is 1. The maximum Gasteiger partial charge on any atom is 0.336 e. The molecule has 6 nitrogen and oxygen atoms in total. The molecule has 1 aromatic carbocycles. The van der Waals surface area contributed by atoms with Gasteiger partial charge in [-0.2, -0.15) is 0 Å². The van der Waals surface area contributed by atoms with Gasteiger partial charge in [0, 0.05) is 31.1 Å². The number of benzene rings is 1. The lowest BCUT2D eigenvalue weighted by Gasteiger charge is -2.26. The molecule has 3 aromatic rings. The van der Waals surface area contributed by atoms with Gasteiger partial charge in [0.1, 0.15) is 4.83 Å². The number of hydrogen-bond acceptors (Lipinski definition) is 5. The Balaban J connectivity index is 1.68. The zero-order valence-electron chi connectivity index (χ0n) is 17.5. The molecule has 4 heterocycles. The largest absolute Gasteiger partial charge is 0.336 e. The van der Waals surface area contributed by atoms with Gasteiger partial charge in [-0.1, -0.05) is 24.6 Å². The molecule has 1 fully saturated rings. The van der Waals surface area contributed by atoms with Gasteiger partial charge in [-0.3, -0.25) is 9.36 Å². The van der Waals surface area contributed by atoms with Crippen LogP contribution in [0.1, 0.15) is 29.7 Å². The zero-order chi connectivity index (χ0) is 20.7. The summed E-state index contributed by atoms with van der Waals surface area (Å²) in [6.07, 6.45) is 4.62. The van der Waals surface area contributed by atoms with Crippen molar-refractivity contribution in [1.29, 1.82) is 0 Å². The average Bonchev–Trinajstić information content (AvgIpc) is 3.13. The molecule has 2 aromatic heterocycles. The van der Waals surface area contributed by atoms with E-state index in [1.165, 1.54) is 28.7 Å². The number of hydrogen-bond donors (Lipinski definition) is 0. The van der Waals surface area contributed by atoms with E-state index >= 15 is 0 Å². The summed E-state index contributed by atoms with van der Waals surface area (Å²) in [4.78, 5) is 33.9. The number of nitrogens with zero attached hydrogens (tertiary/aromatic N) is 4. The monoisotopic (exact) mass is 424 g/mol. The van der Waals surface area contributed by atoms with E-state index in [2.05, 4.69) is 16.8 Å². The van der Waals surface area contributed by atoms with Crippen molar-refractivity contribution < 1.29 is 0 Å². The van der Waals surface area contributed by atoms with Gasteiger partial charge in [-0.05, 0) is 57.1 Å². The van der Waals surface area contributed by atoms with Crippen LogP contribution in [-0.2, 0) is 19.5 Å². The van der Waals surface area contributed by atoms with Crippen LogP contribution in [-0.4, -0.2) is 52.2 Å². The third-order valence-corrected chi connectivity index (χ3v) is 7.66. The van der Waals surface area contributed by atoms with Crippen molar-refractivity contribution >= 4 is 21.6 Å². The minimum atomic E-state index is -0.220. The second-order valence-corrected chi connectivity index (χ2v) is 9.57. The normalized spacial score (nSPS) is 18.0. The van der Waals surface area contributed by atoms with Crippen molar-refractivity contribution in [1.82, 2.24) is 18.9 Å². The van der Waals surface area contributed by atoms with Crippen molar-refractivity contribution in [2.45, 2.75) is 38.8 Å². The second-order valence-electron chi connectivity index (χ2n) is 8.48. The van der Waals surface area contributed by atoms with Crippen molar-refractivity contribution in [3.63, 3.8) is 0 Å². The number of likely N-dealkylation sites (N-methyl/N-ethyl adjacent to an activating group) is 1. The maximum atomic E-state index is 13.6. The van der Waals surface area contributed by atoms with E-state index in [0.29, 0.717) is 12.2 Å². The lowest BCUT2D eigenvalue weighted by molar-refractivity contribution is 0.220. The van der Waals surface area contributed by atoms with E-state index < -0.39 is 0 Å². The second kappa shape index (κ2) is 8.13. The third-order valence-electron chi connectivity index (χ3n) is 6.42. The van der Waals surface area contributed by atoms with Crippen molar-refractivity contribution in [3.05, 3.63) is 61.6 Å². The Morgan fingerprint density at radius 3 is 2.50 bits per heavy atom. The van der Waals surface area contributed by atoms with Crippen molar-refractivity contribution in [2.24, 2.45) is 0 Å². The summed E-state index contributed by atoms with van der Waals surface area (Å²) in [6, 6.07) is 9.35. The molecule has 1 saturated heterocycles. The van der Waals surface area contributed by atoms with Gasteiger partial charge in [0.05, 0.1) is 11.1 Å². The molecule has 0 unspecified atom stereocenters. The number of para-hydroxylation sites is 1. The lowest BCUT2D eigenvalue weighted by Crippen LogP contribution is -2.41. The molecule has 0 radical (unpaired) electrons. The summed E-state index contributed by atoms with van der Waals surface area (Å²) >= 11 is 1.64. The first kappa shape index (κ1) is 19.7. The van der Waals surface area contributed by atoms with E-state index in [-0.39, 0.29) is 11.2 Å². The van der Waals surface area contributed by atoms with Crippen LogP contribution in [0.3, 0.4) is 0 Å². The minimum Gasteiger partial charge on any atom is -0.302 e. The highest BCUT2D eigenvalue weighted by Crippen LogP contribution is 2.32. The highest BCUT2D eigenvalue weighted by atomic mass is 32.1. The molecule has 0 N–H and O–H groups in total. The fraction of sp³-hybridized carbons (Fsp3) is 0.478. The molecule has 0 aliphatic carbocycles. The predicted molar refractivity (Wildman–Crippen MR) is 122 cm³/mol. The Kier molecular flexibility index (Phi) is 5.35. The molecule has 158 valence electrons. The van der Waals surface area contributed by atoms with Gasteiger partial charge in [0.2, 0.25) is 0 Å². The molecule has 30 heavy (non-hydrogen) atoms. The quantitative estimate of drug-likeness (QED) is 0.646. The summed E-state index contributed by atoms with van der Waals surface area (Å²) in [5.74, 6) is 0. The maximum absolute atomic E-state index is 13.6. The molecular weight excluding hydrogens is 396 g/mol. The predicted octanol–water partition coefficient (Wildman–Crippen LogP) is 2.69. The van der Waals surface area contributed by atoms with Gasteiger partial charge in [-0.15, -0.1) is 11.3 Å². The fourth-order valence-corrected chi connectivity index (χ4v) is 6.20. The lowest BCUT2D eigenvalue weighted by atomic mass is 10.1. The van der Waals surface area contributed by atoms with Gasteiger partial charge < -0.3 is 9.80 Å². The molecule has 0 atom stereocenters. The van der Waals surface area contributed by atoms with Gasteiger partial charge in [0.25, 0.3) is 5.56 Å². The van der Waals surface area contributed by atoms with Crippen LogP contribution in [0.25, 0.3) is 15.9 Å². The third kappa shape index (κ3) is 3.45. The number of piperidine rings is 1. The van der Waals surface area contributed by atoms with Crippen LogP contribution in [0.5, 0.6) is 0 Å². The molecule has 5 rings (SSSR count). The highest BCUT2D eigenvalue weighted by Gasteiger charge is 2.25. The number of rotatable bonds is 4. The summed E-state index contributed by atoms with van der Waals surface area (Å²) in [7, 11) is 2.11. The molecular formula is C23H28N4O2S. The van der Waals surface area contributed by atoms with E-state index in [1.807, 2.05) is 34.9 Å². The summed E-state index contributed by atoms with van der Waals surface area (Å²) < 4.78 is 3.24. The fourth-order valence-electron chi connectivity index (χ4n) is 4.76. The molecule has 7 heteroatoms. The highest BCUT2D eigenvalue weighted by molar-refractivity contribution is 7.18. The molecule has 0 spiro atoms. The Labute approximate surface area is 180 Å². The van der Waals surface area contributed by atoms with E-state index in [0.717, 1.165) is 54.9 Å². The standard InChI is InChI=1S/C23H28N4O2S/c1-24-13-10-18-19(16-24)30-22-20(18)21(28)27(17-8-4-2-5-9-17)23(29)26(22)15-14-25-11-6-3-7-12-25/h2,4-5,8-9H,3,6-7,10-16H2,1H3. The number of fused-ring (bicyclic) bond motifs is 3. The Morgan fingerprint density at radius 1 is 0.967 bits per heavy atom. The number of aromatic nitrogens is 2. The first-order valence-corrected chi connectivity index (χ1v) is 11.7. The van der Waals surface area contributed by atoms with Crippen LogP contribution in [0.2, 0.25) is 0 Å². The summed E-state index contributed by atoms with van der Waals surface area (Å²) in [6.45, 7) is 5.46. The Morgan fingerprint density at radius 2 is 1.73 bits per heavy atom. The first-order valence-electron chi connectivity index (χ1n) is 10.9. The van der Waals surface area contributed by atoms with Gasteiger partial charge >= 0.3 is 5.69 Å². The van der Waals surface area contributed by atoms with Crippen LogP contribution >= 0.6 is 11.3 Å². The van der Waals surface area contributed by atoms with Crippen molar-refractivity contribution in [3.8, 4) is 5.69 Å². The number of likely N-dealkylation sites (tertiary alicyclic amines) is 1. The van der Waals surface area contributed by atoms with Crippen LogP contribution < -0.4 is 11.2 Å². The average molecular weight is 425 g/mol. The first-order chi connectivity index (χ1) is 14.6. The Hall–Kier alpha value is -2.22. The minimum absolute atomic E-state index is 0.169. The SMILES string of the molecule is CN1CCc2c(sc3c2c(=O)n(-c2ccccc2)c(=O)n3CCN2CCCCC2)C1. The molecule has 2 aliphatic rings. The molecule has 0 saturated carbocycles. The molecule has 2 aliphatic heterocycles. The zero-order valence-corrected chi connectivity index (χ0v) is 18.3. The summed E-state index contributed by atoms with van der Waals surface area (Å²) in [5.41, 5.74) is 1.41. The molecule has 0 bridgehead atoms. The van der Waals surface area contributed by atoms with E-state index in [9.17, 15) is 9.59 Å². The van der Waals surface area contributed by atoms with E-state index in [1.54, 1.807) is 11.3 Å². The van der Waals surface area contributed by atoms with Crippen LogP contribution in [0, 0.1) is 0 Å². The van der Waals surface area contributed by atoms with Crippen LogP contribution in [0.15, 0.2) is 39.9 Å². The van der Waals surface area contributed by atoms with Gasteiger partial charge in [-0.25, -0.2) is 9.36 Å². The smallest absolute Gasteiger partial charge is 0.302 e. The topological polar surface area (TPSA) is 50.5 Å². The van der Waals surface area contributed by atoms with E-state index in [4.69, 9.17) is 0 Å². The van der Waals surface area contributed by atoms with Gasteiger partial charge in [0.15, 0.2) is 0 Å². The Bertz CT molecular complexity index is 1170. The van der Waals surface area contributed by atoms with Crippen molar-refractivity contribution in [2.75, 3.05) is 33.2 Å². The summed E-state index contributed by atoms with van der Waals surface area (Å²) in [5, 5.41) is 0.755. The van der Waals surface area contributed by atoms with Crippen LogP contribution in [0.4, 0.5) is 0 Å². The molecule has 0 amide bonds.